The molecular formula is C24H50N2O8P2. The minimum Gasteiger partial charge on any atom is -0.323 e. The van der Waals surface area contributed by atoms with Crippen molar-refractivity contribution in [3.8, 4) is 0 Å². The zero-order valence-corrected chi connectivity index (χ0v) is 23.7. The van der Waals surface area contributed by atoms with Gasteiger partial charge in [0.15, 0.2) is 11.6 Å². The molecule has 0 saturated heterocycles. The maximum atomic E-state index is 11.0. The van der Waals surface area contributed by atoms with Crippen molar-refractivity contribution < 1.29 is 28.7 Å². The largest absolute Gasteiger partial charge is 0.353 e. The van der Waals surface area contributed by atoms with E-state index in [0.29, 0.717) is 12.8 Å². The highest BCUT2D eigenvalue weighted by atomic mass is 31.2. The van der Waals surface area contributed by atoms with E-state index in [1.807, 2.05) is 0 Å². The number of unbranched alkanes of at least 4 members (excludes halogenated alkanes) is 19. The first-order valence-corrected chi connectivity index (χ1v) is 17.2. The molecule has 0 rings (SSSR count). The molecule has 0 spiro atoms. The molecule has 10 nitrogen and oxygen atoms in total. The van der Waals surface area contributed by atoms with Crippen LogP contribution in [0.4, 0.5) is 0 Å². The average Bonchev–Trinajstić information content (AvgIpc) is 2.80. The normalized spacial score (nSPS) is 14.0. The monoisotopic (exact) mass is 556 g/mol. The van der Waals surface area contributed by atoms with Crippen LogP contribution in [0.5, 0.6) is 0 Å². The summed E-state index contributed by atoms with van der Waals surface area (Å²) in [5, 5.41) is 5.11. The maximum Gasteiger partial charge on any atom is 0.353 e. The molecule has 2 atom stereocenters. The van der Waals surface area contributed by atoms with E-state index in [1.54, 1.807) is 0 Å². The molecule has 0 heterocycles. The van der Waals surface area contributed by atoms with Crippen LogP contribution in [0.1, 0.15) is 141 Å². The Kier molecular flexibility index (Phi) is 22.2. The fourth-order valence-corrected chi connectivity index (χ4v) is 5.68. The van der Waals surface area contributed by atoms with Crippen LogP contribution in [0.25, 0.3) is 0 Å². The quantitative estimate of drug-likeness (QED) is 0.0445. The van der Waals surface area contributed by atoms with Gasteiger partial charge in [0.05, 0.1) is 0 Å². The zero-order valence-electron chi connectivity index (χ0n) is 21.9. The van der Waals surface area contributed by atoms with E-state index in [0.717, 1.165) is 38.5 Å². The first kappa shape index (κ1) is 35.5. The molecule has 0 radical (unpaired) electrons. The Labute approximate surface area is 217 Å². The highest BCUT2D eigenvalue weighted by Crippen LogP contribution is 2.45. The predicted molar refractivity (Wildman–Crippen MR) is 145 cm³/mol. The minimum absolute atomic E-state index is 0.169. The SMILES string of the molecule is O=NC(CCCCCCCCCCCCCCCCCCCCCCC(N=O)P(=O)(O)O)P(=O)(O)O. The molecule has 0 fully saturated rings. The molecule has 36 heavy (non-hydrogen) atoms. The second-order valence-corrected chi connectivity index (χ2v) is 13.5. The number of nitroso groups, excluding NO2 is 2. The van der Waals surface area contributed by atoms with Gasteiger partial charge in [0.2, 0.25) is 0 Å². The van der Waals surface area contributed by atoms with Crippen LogP contribution >= 0.6 is 15.2 Å². The standard InChI is InChI=1S/C24H50N2O8P2/c27-25-23(35(29,30)31)21-19-17-15-13-11-9-7-5-3-1-2-4-6-8-10-12-14-16-18-20-22-24(26-28)36(32,33)34/h23-24H,1-22H2,(H2,29,30,31)(H2,32,33,34). The van der Waals surface area contributed by atoms with Crippen LogP contribution in [0.3, 0.4) is 0 Å². The van der Waals surface area contributed by atoms with Crippen molar-refractivity contribution in [2.75, 3.05) is 0 Å². The molecule has 0 aliphatic heterocycles. The van der Waals surface area contributed by atoms with Crippen molar-refractivity contribution in [3.05, 3.63) is 9.81 Å². The van der Waals surface area contributed by atoms with Crippen molar-refractivity contribution >= 4 is 15.2 Å². The van der Waals surface area contributed by atoms with E-state index < -0.39 is 26.8 Å². The molecule has 0 bridgehead atoms. The van der Waals surface area contributed by atoms with Gasteiger partial charge in [0, 0.05) is 0 Å². The summed E-state index contributed by atoms with van der Waals surface area (Å²) in [4.78, 5) is 56.8. The number of rotatable bonds is 27. The van der Waals surface area contributed by atoms with Crippen LogP contribution in [0.15, 0.2) is 10.4 Å². The van der Waals surface area contributed by atoms with Gasteiger partial charge in [-0.2, -0.15) is 0 Å². The first-order valence-electron chi connectivity index (χ1n) is 13.9. The molecule has 12 heteroatoms. The fourth-order valence-electron chi connectivity index (χ4n) is 4.40. The topological polar surface area (TPSA) is 174 Å². The van der Waals surface area contributed by atoms with Gasteiger partial charge in [-0.1, -0.05) is 139 Å². The Balaban J connectivity index is 3.27. The van der Waals surface area contributed by atoms with Gasteiger partial charge < -0.3 is 19.6 Å². The minimum atomic E-state index is -4.38. The lowest BCUT2D eigenvalue weighted by Crippen LogP contribution is -2.04. The Morgan fingerprint density at radius 2 is 0.556 bits per heavy atom. The van der Waals surface area contributed by atoms with Crippen LogP contribution in [-0.4, -0.2) is 31.1 Å². The molecule has 0 aromatic heterocycles. The maximum absolute atomic E-state index is 11.0. The Morgan fingerprint density at radius 1 is 0.389 bits per heavy atom. The molecule has 0 amide bonds. The highest BCUT2D eigenvalue weighted by molar-refractivity contribution is 7.52. The van der Waals surface area contributed by atoms with Crippen molar-refractivity contribution in [1.82, 2.24) is 0 Å². The van der Waals surface area contributed by atoms with Crippen LogP contribution in [0.2, 0.25) is 0 Å². The van der Waals surface area contributed by atoms with E-state index in [9.17, 15) is 18.9 Å². The van der Waals surface area contributed by atoms with Gasteiger partial charge in [-0.25, -0.2) is 0 Å². The van der Waals surface area contributed by atoms with Gasteiger partial charge in [-0.05, 0) is 12.8 Å². The lowest BCUT2D eigenvalue weighted by atomic mass is 10.0. The van der Waals surface area contributed by atoms with Crippen LogP contribution in [0, 0.1) is 9.81 Å². The van der Waals surface area contributed by atoms with Gasteiger partial charge in [0.25, 0.3) is 0 Å². The number of nitrogens with zero attached hydrogens (tertiary/aromatic N) is 2. The van der Waals surface area contributed by atoms with E-state index in [4.69, 9.17) is 19.6 Å². The smallest absolute Gasteiger partial charge is 0.323 e. The molecule has 214 valence electrons. The van der Waals surface area contributed by atoms with Gasteiger partial charge in [0.1, 0.15) is 0 Å². The van der Waals surface area contributed by atoms with E-state index in [2.05, 4.69) is 10.4 Å². The van der Waals surface area contributed by atoms with Gasteiger partial charge >= 0.3 is 15.2 Å². The molecule has 4 N–H and O–H groups in total. The van der Waals surface area contributed by atoms with Gasteiger partial charge in [-0.15, -0.1) is 9.81 Å². The second-order valence-electron chi connectivity index (χ2n) is 10.00. The Bertz CT molecular complexity index is 588. The summed E-state index contributed by atoms with van der Waals surface area (Å²) < 4.78 is 22.0. The van der Waals surface area contributed by atoms with Crippen molar-refractivity contribution in [1.29, 1.82) is 0 Å². The summed E-state index contributed by atoms with van der Waals surface area (Å²) in [6, 6.07) is 0. The molecule has 2 unspecified atom stereocenters. The summed E-state index contributed by atoms with van der Waals surface area (Å²) >= 11 is 0. The second kappa shape index (κ2) is 22.5. The summed E-state index contributed by atoms with van der Waals surface area (Å²) in [5.41, 5.74) is 0. The Morgan fingerprint density at radius 3 is 0.694 bits per heavy atom. The number of hydrogen-bond acceptors (Lipinski definition) is 6. The molecule has 0 aliphatic carbocycles. The summed E-state index contributed by atoms with van der Waals surface area (Å²) in [6.07, 6.45) is 22.8. The third-order valence-electron chi connectivity index (χ3n) is 6.69. The predicted octanol–water partition coefficient (Wildman–Crippen LogP) is 8.11. The summed E-state index contributed by atoms with van der Waals surface area (Å²) in [5.74, 6) is -2.76. The molecular weight excluding hydrogens is 506 g/mol. The zero-order chi connectivity index (χ0) is 27.1. The van der Waals surface area contributed by atoms with Crippen molar-refractivity contribution in [3.63, 3.8) is 0 Å². The average molecular weight is 557 g/mol. The lowest BCUT2D eigenvalue weighted by Gasteiger charge is -2.10. The molecule has 0 saturated carbocycles. The van der Waals surface area contributed by atoms with Crippen molar-refractivity contribution in [2.24, 2.45) is 10.4 Å². The highest BCUT2D eigenvalue weighted by Gasteiger charge is 2.29. The lowest BCUT2D eigenvalue weighted by molar-refractivity contribution is 0.351. The van der Waals surface area contributed by atoms with E-state index in [-0.39, 0.29) is 12.8 Å². The van der Waals surface area contributed by atoms with Crippen molar-refractivity contribution in [2.45, 2.75) is 153 Å². The Hall–Kier alpha value is -0.500. The van der Waals surface area contributed by atoms with E-state index >= 15 is 0 Å². The third kappa shape index (κ3) is 21.6. The third-order valence-corrected chi connectivity index (χ3v) is 8.95. The van der Waals surface area contributed by atoms with Gasteiger partial charge in [-0.3, -0.25) is 9.13 Å². The molecule has 0 aromatic rings. The molecule has 0 aliphatic rings. The summed E-state index contributed by atoms with van der Waals surface area (Å²) in [7, 11) is -8.77. The van der Waals surface area contributed by atoms with Crippen LogP contribution in [-0.2, 0) is 9.13 Å². The summed E-state index contributed by atoms with van der Waals surface area (Å²) in [6.45, 7) is 0. The fraction of sp³-hybridized carbons (Fsp3) is 1.00. The first-order chi connectivity index (χ1) is 17.1. The number of hydrogen-bond donors (Lipinski definition) is 4. The van der Waals surface area contributed by atoms with E-state index in [1.165, 1.54) is 77.0 Å². The van der Waals surface area contributed by atoms with Crippen LogP contribution < -0.4 is 0 Å². The molecule has 0 aromatic carbocycles.